The molecular weight excluding hydrogens is 264 g/mol. The van der Waals surface area contributed by atoms with E-state index in [1.807, 2.05) is 19.9 Å². The lowest BCUT2D eigenvalue weighted by Crippen LogP contribution is -2.35. The van der Waals surface area contributed by atoms with Crippen LogP contribution in [0.3, 0.4) is 0 Å². The first-order valence-corrected chi connectivity index (χ1v) is 6.91. The summed E-state index contributed by atoms with van der Waals surface area (Å²) >= 11 is 0. The van der Waals surface area contributed by atoms with Crippen LogP contribution >= 0.6 is 0 Å². The standard InChI is InChI=1S/C15H21F2NO2/c1-10-7-12(9-18-5-3-13(19)4-6-18)14(8-11(10)2)20-15(16)17/h7-8,13,15,19H,3-6,9H2,1-2H3. The summed E-state index contributed by atoms with van der Waals surface area (Å²) in [5.41, 5.74) is 2.79. The molecule has 0 unspecified atom stereocenters. The number of likely N-dealkylation sites (tertiary alicyclic amines) is 1. The van der Waals surface area contributed by atoms with Crippen molar-refractivity contribution >= 4 is 0 Å². The maximum atomic E-state index is 12.5. The molecule has 1 saturated heterocycles. The molecule has 20 heavy (non-hydrogen) atoms. The van der Waals surface area contributed by atoms with Gasteiger partial charge in [0.1, 0.15) is 5.75 Å². The Morgan fingerprint density at radius 3 is 2.45 bits per heavy atom. The summed E-state index contributed by atoms with van der Waals surface area (Å²) in [7, 11) is 0. The molecule has 1 N–H and O–H groups in total. The van der Waals surface area contributed by atoms with E-state index in [0.29, 0.717) is 6.54 Å². The van der Waals surface area contributed by atoms with E-state index in [1.165, 1.54) is 0 Å². The van der Waals surface area contributed by atoms with Crippen molar-refractivity contribution in [2.75, 3.05) is 13.1 Å². The van der Waals surface area contributed by atoms with Crippen LogP contribution < -0.4 is 4.74 Å². The van der Waals surface area contributed by atoms with Crippen LogP contribution in [-0.2, 0) is 6.54 Å². The van der Waals surface area contributed by atoms with Gasteiger partial charge < -0.3 is 9.84 Å². The highest BCUT2D eigenvalue weighted by Crippen LogP contribution is 2.27. The van der Waals surface area contributed by atoms with Gasteiger partial charge in [-0.3, -0.25) is 4.90 Å². The number of ether oxygens (including phenoxy) is 1. The van der Waals surface area contributed by atoms with Crippen molar-refractivity contribution in [2.24, 2.45) is 0 Å². The molecule has 1 heterocycles. The van der Waals surface area contributed by atoms with Gasteiger partial charge >= 0.3 is 6.61 Å². The molecule has 0 radical (unpaired) electrons. The van der Waals surface area contributed by atoms with Crippen molar-refractivity contribution in [1.82, 2.24) is 4.90 Å². The van der Waals surface area contributed by atoms with Crippen LogP contribution in [0.5, 0.6) is 5.75 Å². The van der Waals surface area contributed by atoms with Crippen molar-refractivity contribution in [3.63, 3.8) is 0 Å². The topological polar surface area (TPSA) is 32.7 Å². The molecular formula is C15H21F2NO2. The highest BCUT2D eigenvalue weighted by atomic mass is 19.3. The van der Waals surface area contributed by atoms with Crippen molar-refractivity contribution < 1.29 is 18.6 Å². The van der Waals surface area contributed by atoms with Crippen LogP contribution in [0.1, 0.15) is 29.5 Å². The largest absolute Gasteiger partial charge is 0.434 e. The van der Waals surface area contributed by atoms with Crippen LogP contribution in [-0.4, -0.2) is 35.8 Å². The number of piperidine rings is 1. The molecule has 0 atom stereocenters. The minimum Gasteiger partial charge on any atom is -0.434 e. The Balaban J connectivity index is 2.14. The second-order valence-electron chi connectivity index (χ2n) is 5.43. The van der Waals surface area contributed by atoms with Gasteiger partial charge in [-0.05, 0) is 43.9 Å². The first-order valence-electron chi connectivity index (χ1n) is 6.91. The lowest BCUT2D eigenvalue weighted by Gasteiger charge is -2.30. The zero-order valence-electron chi connectivity index (χ0n) is 11.9. The number of hydrogen-bond donors (Lipinski definition) is 1. The molecule has 5 heteroatoms. The number of alkyl halides is 2. The van der Waals surface area contributed by atoms with Crippen molar-refractivity contribution in [1.29, 1.82) is 0 Å². The van der Waals surface area contributed by atoms with Crippen LogP contribution in [0.15, 0.2) is 12.1 Å². The summed E-state index contributed by atoms with van der Waals surface area (Å²) in [5.74, 6) is 0.259. The molecule has 0 bridgehead atoms. The molecule has 0 amide bonds. The Kier molecular flexibility index (Phi) is 4.94. The van der Waals surface area contributed by atoms with Gasteiger partial charge in [0.2, 0.25) is 0 Å². The van der Waals surface area contributed by atoms with Gasteiger partial charge in [0.15, 0.2) is 0 Å². The van der Waals surface area contributed by atoms with E-state index in [-0.39, 0.29) is 11.9 Å². The Morgan fingerprint density at radius 2 is 1.85 bits per heavy atom. The Labute approximate surface area is 118 Å². The van der Waals surface area contributed by atoms with Crippen LogP contribution in [0.2, 0.25) is 0 Å². The van der Waals surface area contributed by atoms with Gasteiger partial charge in [0.05, 0.1) is 6.10 Å². The molecule has 1 aliphatic rings. The number of aliphatic hydroxyl groups excluding tert-OH is 1. The van der Waals surface area contributed by atoms with Crippen LogP contribution in [0.25, 0.3) is 0 Å². The van der Waals surface area contributed by atoms with E-state index in [4.69, 9.17) is 0 Å². The summed E-state index contributed by atoms with van der Waals surface area (Å²) in [5, 5.41) is 9.50. The second-order valence-corrected chi connectivity index (χ2v) is 5.43. The third-order valence-corrected chi connectivity index (χ3v) is 3.84. The molecule has 0 saturated carbocycles. The highest BCUT2D eigenvalue weighted by molar-refractivity contribution is 5.41. The monoisotopic (exact) mass is 285 g/mol. The number of nitrogens with zero attached hydrogens (tertiary/aromatic N) is 1. The van der Waals surface area contributed by atoms with Gasteiger partial charge in [-0.2, -0.15) is 8.78 Å². The van der Waals surface area contributed by atoms with Gasteiger partial charge in [0, 0.05) is 25.2 Å². The third-order valence-electron chi connectivity index (χ3n) is 3.84. The first-order chi connectivity index (χ1) is 9.45. The predicted octanol–water partition coefficient (Wildman–Crippen LogP) is 2.86. The van der Waals surface area contributed by atoms with Gasteiger partial charge in [-0.25, -0.2) is 0 Å². The van der Waals surface area contributed by atoms with E-state index < -0.39 is 6.61 Å². The lowest BCUT2D eigenvalue weighted by atomic mass is 10.0. The quantitative estimate of drug-likeness (QED) is 0.923. The number of aryl methyl sites for hydroxylation is 2. The molecule has 0 aliphatic carbocycles. The molecule has 1 aromatic rings. The van der Waals surface area contributed by atoms with Gasteiger partial charge in [-0.1, -0.05) is 6.07 Å². The molecule has 0 spiro atoms. The van der Waals surface area contributed by atoms with Gasteiger partial charge in [0.25, 0.3) is 0 Å². The van der Waals surface area contributed by atoms with Crippen LogP contribution in [0.4, 0.5) is 8.78 Å². The average molecular weight is 285 g/mol. The summed E-state index contributed by atoms with van der Waals surface area (Å²) in [6.45, 7) is 3.18. The normalized spacial score (nSPS) is 17.7. The first kappa shape index (κ1) is 15.2. The predicted molar refractivity (Wildman–Crippen MR) is 73.1 cm³/mol. The van der Waals surface area contributed by atoms with E-state index in [0.717, 1.165) is 42.6 Å². The summed E-state index contributed by atoms with van der Waals surface area (Å²) in [4.78, 5) is 2.16. The fourth-order valence-electron chi connectivity index (χ4n) is 2.50. The average Bonchev–Trinajstić information content (AvgIpc) is 2.37. The smallest absolute Gasteiger partial charge is 0.387 e. The molecule has 112 valence electrons. The molecule has 1 aromatic carbocycles. The summed E-state index contributed by atoms with van der Waals surface area (Å²) in [6, 6.07) is 3.59. The minimum absolute atomic E-state index is 0.234. The number of benzene rings is 1. The molecule has 0 aromatic heterocycles. The van der Waals surface area contributed by atoms with Crippen molar-refractivity contribution in [2.45, 2.75) is 45.9 Å². The molecule has 3 nitrogen and oxygen atoms in total. The molecule has 1 aliphatic heterocycles. The van der Waals surface area contributed by atoms with E-state index >= 15 is 0 Å². The summed E-state index contributed by atoms with van der Waals surface area (Å²) in [6.07, 6.45) is 1.23. The zero-order valence-corrected chi connectivity index (χ0v) is 11.9. The highest BCUT2D eigenvalue weighted by Gasteiger charge is 2.19. The Bertz CT molecular complexity index is 457. The maximum Gasteiger partial charge on any atom is 0.387 e. The van der Waals surface area contributed by atoms with E-state index in [9.17, 15) is 13.9 Å². The Morgan fingerprint density at radius 1 is 1.25 bits per heavy atom. The van der Waals surface area contributed by atoms with Crippen molar-refractivity contribution in [3.8, 4) is 5.75 Å². The SMILES string of the molecule is Cc1cc(CN2CCC(O)CC2)c(OC(F)F)cc1C. The minimum atomic E-state index is -2.81. The number of halogens is 2. The number of hydrogen-bond acceptors (Lipinski definition) is 3. The lowest BCUT2D eigenvalue weighted by molar-refractivity contribution is -0.0509. The summed E-state index contributed by atoms with van der Waals surface area (Å²) < 4.78 is 29.6. The second kappa shape index (κ2) is 6.50. The molecule has 1 fully saturated rings. The third kappa shape index (κ3) is 3.90. The van der Waals surface area contributed by atoms with Crippen molar-refractivity contribution in [3.05, 3.63) is 28.8 Å². The fraction of sp³-hybridized carbons (Fsp3) is 0.600. The maximum absolute atomic E-state index is 12.5. The van der Waals surface area contributed by atoms with E-state index in [2.05, 4.69) is 9.64 Å². The zero-order chi connectivity index (χ0) is 14.7. The van der Waals surface area contributed by atoms with E-state index in [1.54, 1.807) is 6.07 Å². The van der Waals surface area contributed by atoms with Gasteiger partial charge in [-0.15, -0.1) is 0 Å². The number of rotatable bonds is 4. The fourth-order valence-corrected chi connectivity index (χ4v) is 2.50. The Hall–Kier alpha value is -1.20. The number of aliphatic hydroxyl groups is 1. The van der Waals surface area contributed by atoms with Crippen LogP contribution in [0, 0.1) is 13.8 Å². The molecule has 2 rings (SSSR count).